The summed E-state index contributed by atoms with van der Waals surface area (Å²) in [5.74, 6) is -0.400. The molecule has 1 aliphatic rings. The number of hydrogen-bond donors (Lipinski definition) is 0. The van der Waals surface area contributed by atoms with E-state index in [1.165, 1.54) is 6.08 Å². The van der Waals surface area contributed by atoms with Gasteiger partial charge in [0.2, 0.25) is 0 Å². The Kier molecular flexibility index (Phi) is 7.65. The van der Waals surface area contributed by atoms with E-state index in [4.69, 9.17) is 4.74 Å². The number of ketones is 1. The minimum atomic E-state index is -0.521. The number of esters is 1. The van der Waals surface area contributed by atoms with Crippen molar-refractivity contribution in [3.05, 3.63) is 77.4 Å². The van der Waals surface area contributed by atoms with Gasteiger partial charge < -0.3 is 14.5 Å². The van der Waals surface area contributed by atoms with E-state index in [9.17, 15) is 9.59 Å². The second kappa shape index (κ2) is 10.4. The summed E-state index contributed by atoms with van der Waals surface area (Å²) >= 11 is 0. The van der Waals surface area contributed by atoms with E-state index in [0.717, 1.165) is 43.0 Å². The first-order chi connectivity index (χ1) is 15.2. The molecule has 1 saturated heterocycles. The first kappa shape index (κ1) is 23.5. The molecular formula is C27H32N2O3. The van der Waals surface area contributed by atoms with Crippen molar-refractivity contribution < 1.29 is 14.3 Å². The van der Waals surface area contributed by atoms with Gasteiger partial charge in [-0.25, -0.2) is 4.79 Å². The lowest BCUT2D eigenvalue weighted by atomic mass is 10.0. The molecule has 1 fully saturated rings. The molecule has 5 nitrogen and oxygen atoms in total. The maximum atomic E-state index is 13.0. The number of hydrogen-bond acceptors (Lipinski definition) is 5. The third kappa shape index (κ3) is 6.92. The number of piperazine rings is 1. The summed E-state index contributed by atoms with van der Waals surface area (Å²) in [5.41, 5.74) is 2.94. The van der Waals surface area contributed by atoms with E-state index in [2.05, 4.69) is 16.8 Å². The summed E-state index contributed by atoms with van der Waals surface area (Å²) in [6.07, 6.45) is 6.57. The summed E-state index contributed by atoms with van der Waals surface area (Å²) in [6.45, 7) is 9.31. The zero-order valence-corrected chi connectivity index (χ0v) is 19.4. The third-order valence-electron chi connectivity index (χ3n) is 5.17. The van der Waals surface area contributed by atoms with Gasteiger partial charge in [0, 0.05) is 43.5 Å². The molecule has 0 aromatic heterocycles. The summed E-state index contributed by atoms with van der Waals surface area (Å²) in [7, 11) is 2.12. The van der Waals surface area contributed by atoms with Crippen molar-refractivity contribution in [3.63, 3.8) is 0 Å². The number of likely N-dealkylation sites (N-methyl/N-ethyl adjacent to an activating group) is 1. The van der Waals surface area contributed by atoms with E-state index < -0.39 is 5.60 Å². The molecule has 0 amide bonds. The monoisotopic (exact) mass is 432 g/mol. The van der Waals surface area contributed by atoms with Crippen molar-refractivity contribution in [1.29, 1.82) is 0 Å². The van der Waals surface area contributed by atoms with Gasteiger partial charge >= 0.3 is 5.97 Å². The van der Waals surface area contributed by atoms with Gasteiger partial charge in [-0.05, 0) is 69.3 Å². The van der Waals surface area contributed by atoms with Crippen LogP contribution in [0.5, 0.6) is 0 Å². The number of carbonyl (C=O) groups excluding carboxylic acids is 2. The highest BCUT2D eigenvalue weighted by Gasteiger charge is 2.18. The second-order valence-corrected chi connectivity index (χ2v) is 9.04. The number of anilines is 1. The third-order valence-corrected chi connectivity index (χ3v) is 5.17. The van der Waals surface area contributed by atoms with Crippen LogP contribution in [0, 0.1) is 0 Å². The largest absolute Gasteiger partial charge is 0.457 e. The predicted molar refractivity (Wildman–Crippen MR) is 131 cm³/mol. The highest BCUT2D eigenvalue weighted by atomic mass is 16.6. The summed E-state index contributed by atoms with van der Waals surface area (Å²) in [5, 5.41) is 0. The Morgan fingerprint density at radius 2 is 1.50 bits per heavy atom. The second-order valence-electron chi connectivity index (χ2n) is 9.04. The van der Waals surface area contributed by atoms with Crippen LogP contribution >= 0.6 is 0 Å². The van der Waals surface area contributed by atoms with Crippen LogP contribution in [0.25, 0.3) is 12.2 Å². The molecule has 1 aliphatic heterocycles. The maximum Gasteiger partial charge on any atom is 0.331 e. The van der Waals surface area contributed by atoms with Gasteiger partial charge in [-0.2, -0.15) is 0 Å². The number of para-hydroxylation sites is 1. The van der Waals surface area contributed by atoms with Crippen LogP contribution in [0.4, 0.5) is 5.69 Å². The van der Waals surface area contributed by atoms with Crippen molar-refractivity contribution in [1.82, 2.24) is 4.90 Å². The number of nitrogens with zero attached hydrogens (tertiary/aromatic N) is 2. The highest BCUT2D eigenvalue weighted by molar-refractivity contribution is 6.10. The molecule has 0 aliphatic carbocycles. The topological polar surface area (TPSA) is 49.9 Å². The van der Waals surface area contributed by atoms with Crippen LogP contribution in [-0.2, 0) is 9.53 Å². The van der Waals surface area contributed by atoms with Gasteiger partial charge in [-0.15, -0.1) is 0 Å². The number of allylic oxidation sites excluding steroid dienone is 1. The Balaban J connectivity index is 1.70. The lowest BCUT2D eigenvalue weighted by Gasteiger charge is -2.34. The highest BCUT2D eigenvalue weighted by Crippen LogP contribution is 2.23. The Labute approximate surface area is 191 Å². The van der Waals surface area contributed by atoms with Gasteiger partial charge in [0.05, 0.1) is 0 Å². The van der Waals surface area contributed by atoms with Crippen LogP contribution in [0.2, 0.25) is 0 Å². The molecule has 0 atom stereocenters. The standard InChI is InChI=1S/C27H32N2O3/c1-27(2,3)32-26(31)15-13-22-9-7-8-21(20-22)12-14-25(30)23-10-5-6-11-24(23)29-18-16-28(4)17-19-29/h5-15,20H,16-19H2,1-4H3/b14-12+,15-13+. The molecule has 2 aromatic rings. The maximum absolute atomic E-state index is 13.0. The molecule has 0 unspecified atom stereocenters. The number of benzene rings is 2. The minimum absolute atomic E-state index is 0.0192. The molecule has 5 heteroatoms. The Morgan fingerprint density at radius 3 is 2.16 bits per heavy atom. The fourth-order valence-electron chi connectivity index (χ4n) is 3.53. The van der Waals surface area contributed by atoms with Crippen LogP contribution in [0.3, 0.4) is 0 Å². The van der Waals surface area contributed by atoms with Gasteiger partial charge in [0.1, 0.15) is 5.60 Å². The van der Waals surface area contributed by atoms with Crippen molar-refractivity contribution in [2.75, 3.05) is 38.1 Å². The molecule has 2 aromatic carbocycles. The molecule has 0 saturated carbocycles. The Bertz CT molecular complexity index is 1010. The van der Waals surface area contributed by atoms with Crippen molar-refractivity contribution >= 4 is 29.6 Å². The summed E-state index contributed by atoms with van der Waals surface area (Å²) in [4.78, 5) is 29.5. The van der Waals surface area contributed by atoms with E-state index >= 15 is 0 Å². The van der Waals surface area contributed by atoms with E-state index in [1.807, 2.05) is 75.4 Å². The summed E-state index contributed by atoms with van der Waals surface area (Å²) < 4.78 is 5.29. The molecule has 168 valence electrons. The average molecular weight is 433 g/mol. The molecule has 0 radical (unpaired) electrons. The molecule has 3 rings (SSSR count). The molecular weight excluding hydrogens is 400 g/mol. The lowest BCUT2D eigenvalue weighted by molar-refractivity contribution is -0.148. The Hall–Kier alpha value is -3.18. The van der Waals surface area contributed by atoms with E-state index in [0.29, 0.717) is 5.56 Å². The van der Waals surface area contributed by atoms with Crippen LogP contribution in [0.15, 0.2) is 60.7 Å². The van der Waals surface area contributed by atoms with Gasteiger partial charge in [0.15, 0.2) is 5.78 Å². The van der Waals surface area contributed by atoms with Crippen molar-refractivity contribution in [2.45, 2.75) is 26.4 Å². The first-order valence-electron chi connectivity index (χ1n) is 11.0. The molecule has 0 bridgehead atoms. The SMILES string of the molecule is CN1CCN(c2ccccc2C(=O)/C=C/c2cccc(/C=C/C(=O)OC(C)(C)C)c2)CC1. The molecule has 32 heavy (non-hydrogen) atoms. The predicted octanol–water partition coefficient (Wildman–Crippen LogP) is 4.69. The number of rotatable bonds is 6. The van der Waals surface area contributed by atoms with Gasteiger partial charge in [0.25, 0.3) is 0 Å². The van der Waals surface area contributed by atoms with E-state index in [1.54, 1.807) is 12.2 Å². The smallest absolute Gasteiger partial charge is 0.331 e. The molecule has 1 heterocycles. The Morgan fingerprint density at radius 1 is 0.875 bits per heavy atom. The molecule has 0 spiro atoms. The van der Waals surface area contributed by atoms with Crippen molar-refractivity contribution in [3.8, 4) is 0 Å². The summed E-state index contributed by atoms with van der Waals surface area (Å²) in [6, 6.07) is 15.5. The van der Waals surface area contributed by atoms with E-state index in [-0.39, 0.29) is 11.8 Å². The zero-order chi connectivity index (χ0) is 23.1. The van der Waals surface area contributed by atoms with Crippen LogP contribution < -0.4 is 4.90 Å². The zero-order valence-electron chi connectivity index (χ0n) is 19.4. The van der Waals surface area contributed by atoms with Crippen molar-refractivity contribution in [2.24, 2.45) is 0 Å². The number of carbonyl (C=O) groups is 2. The van der Waals surface area contributed by atoms with Gasteiger partial charge in [-0.3, -0.25) is 4.79 Å². The normalized spacial score (nSPS) is 15.4. The average Bonchev–Trinajstić information content (AvgIpc) is 2.76. The minimum Gasteiger partial charge on any atom is -0.457 e. The first-order valence-corrected chi connectivity index (χ1v) is 11.0. The quantitative estimate of drug-likeness (QED) is 0.377. The number of ether oxygens (including phenoxy) is 1. The van der Waals surface area contributed by atoms with Crippen LogP contribution in [-0.4, -0.2) is 55.5 Å². The fourth-order valence-corrected chi connectivity index (χ4v) is 3.53. The van der Waals surface area contributed by atoms with Gasteiger partial charge in [-0.1, -0.05) is 36.4 Å². The lowest BCUT2D eigenvalue weighted by Crippen LogP contribution is -2.44. The van der Waals surface area contributed by atoms with Crippen LogP contribution in [0.1, 0.15) is 42.3 Å². The molecule has 0 N–H and O–H groups in total. The fraction of sp³-hybridized carbons (Fsp3) is 0.333.